The molecule has 1 saturated carbocycles. The monoisotopic (exact) mass is 444 g/mol. The molecule has 1 fully saturated rings. The van der Waals surface area contributed by atoms with Crippen LogP contribution >= 0.6 is 0 Å². The number of rotatable bonds is 8. The molecular formula is C27H28N2O4. The number of hydrogen-bond acceptors (Lipinski definition) is 4. The molecular weight excluding hydrogens is 416 g/mol. The number of methoxy groups -OCH3 is 1. The van der Waals surface area contributed by atoms with Gasteiger partial charge in [0, 0.05) is 22.9 Å². The van der Waals surface area contributed by atoms with Gasteiger partial charge in [-0.25, -0.2) is 0 Å². The van der Waals surface area contributed by atoms with Gasteiger partial charge < -0.3 is 20.1 Å². The smallest absolute Gasteiger partial charge is 0.255 e. The Morgan fingerprint density at radius 1 is 0.848 bits per heavy atom. The second-order valence-corrected chi connectivity index (χ2v) is 8.13. The van der Waals surface area contributed by atoms with Gasteiger partial charge in [0.15, 0.2) is 11.5 Å². The number of nitrogens with one attached hydrogen (secondary N) is 2. The molecule has 0 saturated heterocycles. The van der Waals surface area contributed by atoms with E-state index in [4.69, 9.17) is 9.47 Å². The molecule has 4 rings (SSSR count). The predicted molar refractivity (Wildman–Crippen MR) is 128 cm³/mol. The number of hydrogen-bond donors (Lipinski definition) is 2. The van der Waals surface area contributed by atoms with Crippen LogP contribution < -0.4 is 20.1 Å². The van der Waals surface area contributed by atoms with Crippen LogP contribution in [0, 0.1) is 0 Å². The highest BCUT2D eigenvalue weighted by Crippen LogP contribution is 2.29. The van der Waals surface area contributed by atoms with Crippen molar-refractivity contribution < 1.29 is 19.1 Å². The fraction of sp³-hybridized carbons (Fsp3) is 0.259. The van der Waals surface area contributed by atoms with Gasteiger partial charge in [0.25, 0.3) is 11.8 Å². The van der Waals surface area contributed by atoms with Crippen molar-refractivity contribution in [2.45, 2.75) is 38.3 Å². The Kier molecular flexibility index (Phi) is 7.25. The van der Waals surface area contributed by atoms with E-state index in [1.54, 1.807) is 49.6 Å². The number of anilines is 1. The Morgan fingerprint density at radius 2 is 1.55 bits per heavy atom. The molecule has 0 atom stereocenters. The van der Waals surface area contributed by atoms with E-state index in [0.29, 0.717) is 34.9 Å². The van der Waals surface area contributed by atoms with E-state index in [-0.39, 0.29) is 17.9 Å². The molecule has 0 unspecified atom stereocenters. The summed E-state index contributed by atoms with van der Waals surface area (Å²) in [6.45, 7) is 0.406. The van der Waals surface area contributed by atoms with Gasteiger partial charge in [0.05, 0.1) is 7.11 Å². The van der Waals surface area contributed by atoms with Crippen LogP contribution in [0.2, 0.25) is 0 Å². The molecule has 170 valence electrons. The third-order valence-corrected chi connectivity index (χ3v) is 5.76. The minimum Gasteiger partial charge on any atom is -0.493 e. The fourth-order valence-corrected chi connectivity index (χ4v) is 3.91. The average molecular weight is 445 g/mol. The van der Waals surface area contributed by atoms with Gasteiger partial charge in [0.2, 0.25) is 0 Å². The maximum absolute atomic E-state index is 12.7. The molecule has 0 spiro atoms. The molecule has 0 aromatic heterocycles. The lowest BCUT2D eigenvalue weighted by Crippen LogP contribution is -2.32. The SMILES string of the molecule is COc1cc(C(=O)Nc2ccc(C(=O)NC3CCCC3)cc2)ccc1OCc1ccccc1. The van der Waals surface area contributed by atoms with Gasteiger partial charge in [-0.1, -0.05) is 43.2 Å². The van der Waals surface area contributed by atoms with E-state index in [1.165, 1.54) is 12.8 Å². The maximum Gasteiger partial charge on any atom is 0.255 e. The third-order valence-electron chi connectivity index (χ3n) is 5.76. The highest BCUT2D eigenvalue weighted by molar-refractivity contribution is 6.05. The summed E-state index contributed by atoms with van der Waals surface area (Å²) in [5, 5.41) is 5.93. The summed E-state index contributed by atoms with van der Waals surface area (Å²) in [6, 6.07) is 22.1. The van der Waals surface area contributed by atoms with E-state index < -0.39 is 0 Å². The van der Waals surface area contributed by atoms with Crippen molar-refractivity contribution in [3.63, 3.8) is 0 Å². The van der Waals surface area contributed by atoms with Crippen molar-refractivity contribution in [3.05, 3.63) is 89.5 Å². The van der Waals surface area contributed by atoms with E-state index >= 15 is 0 Å². The van der Waals surface area contributed by atoms with Crippen molar-refractivity contribution >= 4 is 17.5 Å². The summed E-state index contributed by atoms with van der Waals surface area (Å²) < 4.78 is 11.3. The normalized spacial score (nSPS) is 13.4. The lowest BCUT2D eigenvalue weighted by atomic mass is 10.1. The van der Waals surface area contributed by atoms with E-state index in [9.17, 15) is 9.59 Å². The Balaban J connectivity index is 1.36. The second kappa shape index (κ2) is 10.7. The fourth-order valence-electron chi connectivity index (χ4n) is 3.91. The topological polar surface area (TPSA) is 76.7 Å². The first-order valence-corrected chi connectivity index (χ1v) is 11.2. The second-order valence-electron chi connectivity index (χ2n) is 8.13. The first-order valence-electron chi connectivity index (χ1n) is 11.2. The van der Waals surface area contributed by atoms with Gasteiger partial charge in [-0.2, -0.15) is 0 Å². The van der Waals surface area contributed by atoms with Gasteiger partial charge in [-0.05, 0) is 60.9 Å². The molecule has 3 aromatic carbocycles. The summed E-state index contributed by atoms with van der Waals surface area (Å²) in [5.74, 6) is 0.703. The average Bonchev–Trinajstić information content (AvgIpc) is 3.36. The van der Waals surface area contributed by atoms with Crippen molar-refractivity contribution in [2.75, 3.05) is 12.4 Å². The van der Waals surface area contributed by atoms with Gasteiger partial charge in [0.1, 0.15) is 6.61 Å². The quantitative estimate of drug-likeness (QED) is 0.501. The number of amides is 2. The minimum atomic E-state index is -0.272. The van der Waals surface area contributed by atoms with E-state index in [0.717, 1.165) is 18.4 Å². The largest absolute Gasteiger partial charge is 0.493 e. The van der Waals surface area contributed by atoms with Gasteiger partial charge in [-0.3, -0.25) is 9.59 Å². The lowest BCUT2D eigenvalue weighted by molar-refractivity contribution is 0.0937. The van der Waals surface area contributed by atoms with E-state index in [2.05, 4.69) is 10.6 Å². The number of benzene rings is 3. The van der Waals surface area contributed by atoms with Gasteiger partial charge >= 0.3 is 0 Å². The molecule has 3 aromatic rings. The zero-order valence-corrected chi connectivity index (χ0v) is 18.7. The highest BCUT2D eigenvalue weighted by atomic mass is 16.5. The summed E-state index contributed by atoms with van der Waals surface area (Å²) in [5.41, 5.74) is 2.69. The van der Waals surface area contributed by atoms with Crippen LogP contribution in [0.5, 0.6) is 11.5 Å². The van der Waals surface area contributed by atoms with Crippen molar-refractivity contribution in [1.29, 1.82) is 0 Å². The highest BCUT2D eigenvalue weighted by Gasteiger charge is 2.18. The van der Waals surface area contributed by atoms with Crippen LogP contribution in [-0.2, 0) is 6.61 Å². The lowest BCUT2D eigenvalue weighted by Gasteiger charge is -2.13. The zero-order valence-electron chi connectivity index (χ0n) is 18.7. The van der Waals surface area contributed by atoms with Crippen LogP contribution in [0.15, 0.2) is 72.8 Å². The molecule has 2 N–H and O–H groups in total. The Bertz CT molecular complexity index is 1090. The molecule has 0 radical (unpaired) electrons. The number of carbonyl (C=O) groups excluding carboxylic acids is 2. The molecule has 0 bridgehead atoms. The van der Waals surface area contributed by atoms with E-state index in [1.807, 2.05) is 30.3 Å². The molecule has 1 aliphatic carbocycles. The summed E-state index contributed by atoms with van der Waals surface area (Å²) in [6.07, 6.45) is 4.42. The molecule has 0 heterocycles. The third kappa shape index (κ3) is 5.92. The molecule has 6 heteroatoms. The van der Waals surface area contributed by atoms with Crippen LogP contribution in [0.1, 0.15) is 52.0 Å². The molecule has 6 nitrogen and oxygen atoms in total. The molecule has 1 aliphatic rings. The molecule has 2 amide bonds. The minimum absolute atomic E-state index is 0.0735. The molecule has 0 aliphatic heterocycles. The van der Waals surface area contributed by atoms with Crippen LogP contribution in [0.3, 0.4) is 0 Å². The first-order chi connectivity index (χ1) is 16.1. The Morgan fingerprint density at radius 3 is 2.24 bits per heavy atom. The summed E-state index contributed by atoms with van der Waals surface area (Å²) in [4.78, 5) is 25.1. The predicted octanol–water partition coefficient (Wildman–Crippen LogP) is 5.20. The van der Waals surface area contributed by atoms with Gasteiger partial charge in [-0.15, -0.1) is 0 Å². The number of ether oxygens (including phenoxy) is 2. The standard InChI is InChI=1S/C27H28N2O4/c1-32-25-17-21(13-16-24(25)33-18-19-7-3-2-4-8-19)27(31)29-23-14-11-20(12-15-23)26(30)28-22-9-5-6-10-22/h2-4,7-8,11-17,22H,5-6,9-10,18H2,1H3,(H,28,30)(H,29,31). The van der Waals surface area contributed by atoms with Crippen molar-refractivity contribution in [2.24, 2.45) is 0 Å². The number of carbonyl (C=O) groups is 2. The molecule has 33 heavy (non-hydrogen) atoms. The summed E-state index contributed by atoms with van der Waals surface area (Å²) in [7, 11) is 1.54. The summed E-state index contributed by atoms with van der Waals surface area (Å²) >= 11 is 0. The van der Waals surface area contributed by atoms with Crippen LogP contribution in [0.4, 0.5) is 5.69 Å². The Hall–Kier alpha value is -3.80. The van der Waals surface area contributed by atoms with Crippen molar-refractivity contribution in [1.82, 2.24) is 5.32 Å². The zero-order chi connectivity index (χ0) is 23.0. The van der Waals surface area contributed by atoms with Crippen molar-refractivity contribution in [3.8, 4) is 11.5 Å². The van der Waals surface area contributed by atoms with Crippen LogP contribution in [-0.4, -0.2) is 25.0 Å². The van der Waals surface area contributed by atoms with Crippen LogP contribution in [0.25, 0.3) is 0 Å². The first kappa shape index (κ1) is 22.4. The Labute approximate surface area is 193 Å². The maximum atomic E-state index is 12.7.